The van der Waals surface area contributed by atoms with Gasteiger partial charge in [0.1, 0.15) is 0 Å². The van der Waals surface area contributed by atoms with Crippen molar-refractivity contribution in [3.8, 4) is 0 Å². The third-order valence-electron chi connectivity index (χ3n) is 4.00. The van der Waals surface area contributed by atoms with Gasteiger partial charge in [-0.25, -0.2) is 0 Å². The molecule has 0 spiro atoms. The van der Waals surface area contributed by atoms with Crippen LogP contribution in [0.4, 0.5) is 11.4 Å². The van der Waals surface area contributed by atoms with Crippen molar-refractivity contribution < 1.29 is 4.79 Å². The van der Waals surface area contributed by atoms with E-state index >= 15 is 0 Å². The number of rotatable bonds is 3. The summed E-state index contributed by atoms with van der Waals surface area (Å²) in [6.07, 6.45) is 4.79. The van der Waals surface area contributed by atoms with Crippen molar-refractivity contribution in [3.63, 3.8) is 0 Å². The molecule has 0 bridgehead atoms. The first kappa shape index (κ1) is 15.0. The Morgan fingerprint density at radius 3 is 2.85 bits per heavy atom. The third-order valence-corrected chi connectivity index (χ3v) is 4.00. The SMILES string of the molecule is Cl.O=C(CN1CCNc2ccccc21)NC1CCCC1. The number of amides is 1. The molecule has 3 rings (SSSR count). The lowest BCUT2D eigenvalue weighted by Crippen LogP contribution is -2.44. The molecule has 1 saturated carbocycles. The summed E-state index contributed by atoms with van der Waals surface area (Å²) < 4.78 is 0. The van der Waals surface area contributed by atoms with Gasteiger partial charge in [-0.1, -0.05) is 25.0 Å². The average molecular weight is 296 g/mol. The van der Waals surface area contributed by atoms with Crippen molar-refractivity contribution in [1.82, 2.24) is 5.32 Å². The van der Waals surface area contributed by atoms with Crippen LogP contribution >= 0.6 is 12.4 Å². The summed E-state index contributed by atoms with van der Waals surface area (Å²) in [7, 11) is 0. The Hall–Kier alpha value is -1.42. The third kappa shape index (κ3) is 3.37. The standard InChI is InChI=1S/C15H21N3O.ClH/c19-15(17-12-5-1-2-6-12)11-18-10-9-16-13-7-3-4-8-14(13)18;/h3-4,7-8,12,16H,1-2,5-6,9-11H2,(H,17,19);1H. The minimum atomic E-state index is 0. The van der Waals surface area contributed by atoms with Crippen LogP contribution in [0, 0.1) is 0 Å². The summed E-state index contributed by atoms with van der Waals surface area (Å²) in [5.74, 6) is 0.156. The second-order valence-electron chi connectivity index (χ2n) is 5.41. The molecule has 20 heavy (non-hydrogen) atoms. The summed E-state index contributed by atoms with van der Waals surface area (Å²) >= 11 is 0. The lowest BCUT2D eigenvalue weighted by molar-refractivity contribution is -0.120. The zero-order chi connectivity index (χ0) is 13.1. The topological polar surface area (TPSA) is 44.4 Å². The van der Waals surface area contributed by atoms with Crippen LogP contribution in [0.1, 0.15) is 25.7 Å². The van der Waals surface area contributed by atoms with Gasteiger partial charge in [0, 0.05) is 19.1 Å². The van der Waals surface area contributed by atoms with E-state index in [4.69, 9.17) is 0 Å². The van der Waals surface area contributed by atoms with Gasteiger partial charge in [0.2, 0.25) is 5.91 Å². The normalized spacial score (nSPS) is 17.9. The van der Waals surface area contributed by atoms with Gasteiger partial charge in [-0.05, 0) is 25.0 Å². The van der Waals surface area contributed by atoms with Crippen molar-refractivity contribution in [2.24, 2.45) is 0 Å². The molecule has 0 unspecified atom stereocenters. The molecule has 1 aromatic rings. The summed E-state index contributed by atoms with van der Waals surface area (Å²) in [6.45, 7) is 2.25. The Balaban J connectivity index is 0.00000147. The van der Waals surface area contributed by atoms with Crippen LogP contribution in [0.15, 0.2) is 24.3 Å². The van der Waals surface area contributed by atoms with Gasteiger partial charge in [-0.15, -0.1) is 12.4 Å². The highest BCUT2D eigenvalue weighted by molar-refractivity contribution is 5.85. The maximum Gasteiger partial charge on any atom is 0.239 e. The quantitative estimate of drug-likeness (QED) is 0.900. The Morgan fingerprint density at radius 2 is 2.05 bits per heavy atom. The Labute approximate surface area is 126 Å². The Morgan fingerprint density at radius 1 is 1.30 bits per heavy atom. The number of hydrogen-bond acceptors (Lipinski definition) is 3. The molecule has 5 heteroatoms. The molecule has 0 atom stereocenters. The van der Waals surface area contributed by atoms with Crippen molar-refractivity contribution in [3.05, 3.63) is 24.3 Å². The summed E-state index contributed by atoms with van der Waals surface area (Å²) in [6, 6.07) is 8.59. The fraction of sp³-hybridized carbons (Fsp3) is 0.533. The molecule has 1 fully saturated rings. The minimum absolute atomic E-state index is 0. The van der Waals surface area contributed by atoms with Gasteiger partial charge >= 0.3 is 0 Å². The van der Waals surface area contributed by atoms with Crippen LogP contribution in [-0.4, -0.2) is 31.6 Å². The van der Waals surface area contributed by atoms with Crippen LogP contribution in [0.3, 0.4) is 0 Å². The second-order valence-corrected chi connectivity index (χ2v) is 5.41. The number of anilines is 2. The van der Waals surface area contributed by atoms with Crippen molar-refractivity contribution >= 4 is 29.7 Å². The number of carbonyl (C=O) groups is 1. The van der Waals surface area contributed by atoms with Gasteiger partial charge in [-0.3, -0.25) is 4.79 Å². The van der Waals surface area contributed by atoms with Gasteiger partial charge in [0.25, 0.3) is 0 Å². The Bertz CT molecular complexity index is 460. The molecule has 1 aliphatic heterocycles. The second kappa shape index (κ2) is 6.84. The molecule has 0 radical (unpaired) electrons. The molecule has 1 aromatic carbocycles. The van der Waals surface area contributed by atoms with Gasteiger partial charge in [-0.2, -0.15) is 0 Å². The number of benzene rings is 1. The number of para-hydroxylation sites is 2. The smallest absolute Gasteiger partial charge is 0.239 e. The highest BCUT2D eigenvalue weighted by Gasteiger charge is 2.21. The number of nitrogens with one attached hydrogen (secondary N) is 2. The fourth-order valence-electron chi connectivity index (χ4n) is 3.03. The zero-order valence-corrected chi connectivity index (χ0v) is 12.4. The molecule has 0 aromatic heterocycles. The molecule has 0 saturated heterocycles. The number of fused-ring (bicyclic) bond motifs is 1. The first-order valence-electron chi connectivity index (χ1n) is 7.20. The molecule has 2 aliphatic rings. The Kier molecular flexibility index (Phi) is 5.12. The van der Waals surface area contributed by atoms with E-state index in [0.29, 0.717) is 12.6 Å². The summed E-state index contributed by atoms with van der Waals surface area (Å²) in [4.78, 5) is 14.3. The monoisotopic (exact) mass is 295 g/mol. The molecule has 2 N–H and O–H groups in total. The molecule has 1 amide bonds. The van der Waals surface area contributed by atoms with Crippen LogP contribution < -0.4 is 15.5 Å². The van der Waals surface area contributed by atoms with Crippen LogP contribution in [-0.2, 0) is 4.79 Å². The minimum Gasteiger partial charge on any atom is -0.382 e. The van der Waals surface area contributed by atoms with Crippen molar-refractivity contribution in [2.75, 3.05) is 29.9 Å². The molecular weight excluding hydrogens is 274 g/mol. The number of nitrogens with zero attached hydrogens (tertiary/aromatic N) is 1. The predicted molar refractivity (Wildman–Crippen MR) is 84.8 cm³/mol. The average Bonchev–Trinajstić information content (AvgIpc) is 2.92. The zero-order valence-electron chi connectivity index (χ0n) is 11.6. The highest BCUT2D eigenvalue weighted by Crippen LogP contribution is 2.28. The van der Waals surface area contributed by atoms with Crippen LogP contribution in [0.5, 0.6) is 0 Å². The van der Waals surface area contributed by atoms with E-state index in [1.165, 1.54) is 12.8 Å². The van der Waals surface area contributed by atoms with E-state index in [0.717, 1.165) is 37.3 Å². The maximum absolute atomic E-state index is 12.1. The predicted octanol–water partition coefficient (Wildman–Crippen LogP) is 2.40. The first-order valence-corrected chi connectivity index (χ1v) is 7.20. The maximum atomic E-state index is 12.1. The highest BCUT2D eigenvalue weighted by atomic mass is 35.5. The van der Waals surface area contributed by atoms with Crippen LogP contribution in [0.25, 0.3) is 0 Å². The molecular formula is C15H22ClN3O. The van der Waals surface area contributed by atoms with Crippen molar-refractivity contribution in [1.29, 1.82) is 0 Å². The van der Waals surface area contributed by atoms with Gasteiger partial charge < -0.3 is 15.5 Å². The van der Waals surface area contributed by atoms with Crippen molar-refractivity contribution in [2.45, 2.75) is 31.7 Å². The lowest BCUT2D eigenvalue weighted by Gasteiger charge is -2.31. The van der Waals surface area contributed by atoms with E-state index in [1.807, 2.05) is 12.1 Å². The summed E-state index contributed by atoms with van der Waals surface area (Å²) in [5.41, 5.74) is 2.26. The van der Waals surface area contributed by atoms with Gasteiger partial charge in [0.15, 0.2) is 0 Å². The number of carbonyl (C=O) groups excluding carboxylic acids is 1. The largest absolute Gasteiger partial charge is 0.382 e. The summed E-state index contributed by atoms with van der Waals surface area (Å²) in [5, 5.41) is 6.52. The van der Waals surface area contributed by atoms with E-state index in [2.05, 4.69) is 27.7 Å². The molecule has 1 aliphatic carbocycles. The molecule has 110 valence electrons. The van der Waals surface area contributed by atoms with E-state index in [-0.39, 0.29) is 18.3 Å². The van der Waals surface area contributed by atoms with Crippen LogP contribution in [0.2, 0.25) is 0 Å². The number of hydrogen-bond donors (Lipinski definition) is 2. The van der Waals surface area contributed by atoms with E-state index in [9.17, 15) is 4.79 Å². The van der Waals surface area contributed by atoms with E-state index in [1.54, 1.807) is 0 Å². The molecule has 4 nitrogen and oxygen atoms in total. The van der Waals surface area contributed by atoms with Gasteiger partial charge in [0.05, 0.1) is 17.9 Å². The first-order chi connectivity index (χ1) is 9.33. The number of halogens is 1. The fourth-order valence-corrected chi connectivity index (χ4v) is 3.03. The molecule has 1 heterocycles. The van der Waals surface area contributed by atoms with E-state index < -0.39 is 0 Å². The lowest BCUT2D eigenvalue weighted by atomic mass is 10.2.